The molecule has 0 amide bonds. The zero-order valence-corrected chi connectivity index (χ0v) is 13.9. The van der Waals surface area contributed by atoms with Gasteiger partial charge in [0.1, 0.15) is 5.76 Å². The highest BCUT2D eigenvalue weighted by atomic mass is 16.6. The minimum Gasteiger partial charge on any atom is -0.496 e. The summed E-state index contributed by atoms with van der Waals surface area (Å²) >= 11 is 0. The lowest BCUT2D eigenvalue weighted by Gasteiger charge is -2.35. The number of ketones is 1. The number of hydrogen-bond acceptors (Lipinski definition) is 6. The number of aliphatic hydroxyl groups excluding tert-OH is 1. The van der Waals surface area contributed by atoms with Crippen molar-refractivity contribution >= 4 is 11.8 Å². The van der Waals surface area contributed by atoms with Crippen LogP contribution in [0.5, 0.6) is 0 Å². The summed E-state index contributed by atoms with van der Waals surface area (Å²) in [7, 11) is 1.47. The van der Waals surface area contributed by atoms with E-state index >= 15 is 0 Å². The fourth-order valence-electron chi connectivity index (χ4n) is 2.16. The van der Waals surface area contributed by atoms with Gasteiger partial charge in [-0.05, 0) is 20.3 Å². The van der Waals surface area contributed by atoms with E-state index in [9.17, 15) is 9.59 Å². The van der Waals surface area contributed by atoms with Crippen LogP contribution in [0.15, 0.2) is 23.1 Å². The average Bonchev–Trinajstić information content (AvgIpc) is 2.51. The van der Waals surface area contributed by atoms with Crippen LogP contribution in [0.3, 0.4) is 0 Å². The SMILES string of the molecule is CCC(C)C(=O)OC1(C)C(=O)C(C)=C(OC)C=C1NCCO. The molecule has 1 aliphatic rings. The molecule has 0 fully saturated rings. The number of aliphatic hydroxyl groups is 1. The van der Waals surface area contributed by atoms with Crippen LogP contribution < -0.4 is 5.32 Å². The number of carbonyl (C=O) groups excluding carboxylic acids is 2. The molecule has 0 heterocycles. The molecule has 0 aromatic heterocycles. The highest BCUT2D eigenvalue weighted by molar-refractivity contribution is 6.06. The third kappa shape index (κ3) is 3.50. The van der Waals surface area contributed by atoms with E-state index in [1.807, 2.05) is 6.92 Å². The quantitative estimate of drug-likeness (QED) is 0.690. The Labute approximate surface area is 131 Å². The Balaban J connectivity index is 3.18. The van der Waals surface area contributed by atoms with Gasteiger partial charge in [-0.15, -0.1) is 0 Å². The lowest BCUT2D eigenvalue weighted by atomic mass is 9.86. The minimum absolute atomic E-state index is 0.105. The third-order valence-electron chi connectivity index (χ3n) is 3.90. The molecule has 2 atom stereocenters. The van der Waals surface area contributed by atoms with Crippen molar-refractivity contribution in [2.75, 3.05) is 20.3 Å². The Morgan fingerprint density at radius 3 is 2.64 bits per heavy atom. The molecule has 0 aromatic rings. The molecule has 0 aromatic carbocycles. The number of hydrogen-bond donors (Lipinski definition) is 2. The molecule has 1 rings (SSSR count). The minimum atomic E-state index is -1.43. The first-order valence-electron chi connectivity index (χ1n) is 7.41. The first-order chi connectivity index (χ1) is 10.3. The number of allylic oxidation sites excluding steroid dienone is 1. The van der Waals surface area contributed by atoms with Crippen molar-refractivity contribution in [1.82, 2.24) is 5.32 Å². The summed E-state index contributed by atoms with van der Waals surface area (Å²) in [6.07, 6.45) is 2.26. The Bertz CT molecular complexity index is 509. The number of Topliss-reactive ketones (excluding diaryl/α,β-unsaturated/α-hetero) is 1. The van der Waals surface area contributed by atoms with Crippen molar-refractivity contribution in [1.29, 1.82) is 0 Å². The van der Waals surface area contributed by atoms with Crippen LogP contribution in [0.2, 0.25) is 0 Å². The lowest BCUT2D eigenvalue weighted by Crippen LogP contribution is -2.50. The molecule has 0 saturated heterocycles. The van der Waals surface area contributed by atoms with Crippen LogP contribution in [0.25, 0.3) is 0 Å². The molecule has 124 valence electrons. The maximum absolute atomic E-state index is 12.7. The zero-order chi connectivity index (χ0) is 16.9. The molecule has 22 heavy (non-hydrogen) atoms. The molecule has 2 N–H and O–H groups in total. The highest BCUT2D eigenvalue weighted by Crippen LogP contribution is 2.32. The van der Waals surface area contributed by atoms with Gasteiger partial charge in [0, 0.05) is 18.2 Å². The Morgan fingerprint density at radius 1 is 1.50 bits per heavy atom. The number of rotatable bonds is 7. The monoisotopic (exact) mass is 311 g/mol. The lowest BCUT2D eigenvalue weighted by molar-refractivity contribution is -0.165. The smallest absolute Gasteiger partial charge is 0.310 e. The number of esters is 1. The van der Waals surface area contributed by atoms with E-state index in [-0.39, 0.29) is 24.9 Å². The maximum atomic E-state index is 12.7. The van der Waals surface area contributed by atoms with E-state index in [0.717, 1.165) is 0 Å². The van der Waals surface area contributed by atoms with Crippen LogP contribution in [0, 0.1) is 5.92 Å². The summed E-state index contributed by atoms with van der Waals surface area (Å²) in [5.74, 6) is -0.632. The van der Waals surface area contributed by atoms with Gasteiger partial charge in [-0.2, -0.15) is 0 Å². The molecular weight excluding hydrogens is 286 g/mol. The molecule has 6 heteroatoms. The molecule has 2 unspecified atom stereocenters. The summed E-state index contributed by atoms with van der Waals surface area (Å²) in [4.78, 5) is 24.8. The molecular formula is C16H25NO5. The molecule has 1 aliphatic carbocycles. The molecule has 0 saturated carbocycles. The second-order valence-electron chi connectivity index (χ2n) is 5.49. The fraction of sp³-hybridized carbons (Fsp3) is 0.625. The summed E-state index contributed by atoms with van der Waals surface area (Å²) in [5.41, 5.74) is -0.621. The van der Waals surface area contributed by atoms with E-state index in [4.69, 9.17) is 14.6 Å². The Hall–Kier alpha value is -1.82. The van der Waals surface area contributed by atoms with Gasteiger partial charge in [-0.25, -0.2) is 0 Å². The first kappa shape index (κ1) is 18.2. The number of ether oxygens (including phenoxy) is 2. The van der Waals surface area contributed by atoms with Gasteiger partial charge in [-0.1, -0.05) is 13.8 Å². The van der Waals surface area contributed by atoms with Gasteiger partial charge in [0.05, 0.1) is 25.3 Å². The molecule has 0 spiro atoms. The van der Waals surface area contributed by atoms with E-state index in [0.29, 0.717) is 23.5 Å². The molecule has 0 bridgehead atoms. The van der Waals surface area contributed by atoms with E-state index in [1.165, 1.54) is 7.11 Å². The van der Waals surface area contributed by atoms with Crippen molar-refractivity contribution in [2.24, 2.45) is 5.92 Å². The highest BCUT2D eigenvalue weighted by Gasteiger charge is 2.46. The van der Waals surface area contributed by atoms with Crippen LogP contribution in [0.1, 0.15) is 34.1 Å². The van der Waals surface area contributed by atoms with Crippen molar-refractivity contribution < 1.29 is 24.2 Å². The largest absolute Gasteiger partial charge is 0.496 e. The van der Waals surface area contributed by atoms with Gasteiger partial charge in [0.15, 0.2) is 0 Å². The summed E-state index contributed by atoms with van der Waals surface area (Å²) < 4.78 is 10.7. The Morgan fingerprint density at radius 2 is 2.14 bits per heavy atom. The van der Waals surface area contributed by atoms with E-state index < -0.39 is 11.6 Å². The molecule has 6 nitrogen and oxygen atoms in total. The number of nitrogens with one attached hydrogen (secondary N) is 1. The Kier molecular flexibility index (Phi) is 6.17. The third-order valence-corrected chi connectivity index (χ3v) is 3.90. The summed E-state index contributed by atoms with van der Waals surface area (Å²) in [5, 5.41) is 11.9. The number of methoxy groups -OCH3 is 1. The van der Waals surface area contributed by atoms with Gasteiger partial charge >= 0.3 is 5.97 Å². The topological polar surface area (TPSA) is 84.9 Å². The van der Waals surface area contributed by atoms with Gasteiger partial charge in [0.25, 0.3) is 0 Å². The average molecular weight is 311 g/mol. The van der Waals surface area contributed by atoms with Crippen molar-refractivity contribution in [3.8, 4) is 0 Å². The van der Waals surface area contributed by atoms with Gasteiger partial charge in [0.2, 0.25) is 11.4 Å². The first-order valence-corrected chi connectivity index (χ1v) is 7.41. The predicted octanol–water partition coefficient (Wildman–Crippen LogP) is 1.30. The molecule has 0 aliphatic heterocycles. The number of carbonyl (C=O) groups is 2. The van der Waals surface area contributed by atoms with Crippen LogP contribution in [0.4, 0.5) is 0 Å². The van der Waals surface area contributed by atoms with Crippen LogP contribution in [-0.4, -0.2) is 42.7 Å². The van der Waals surface area contributed by atoms with Crippen LogP contribution >= 0.6 is 0 Å². The fourth-order valence-corrected chi connectivity index (χ4v) is 2.16. The maximum Gasteiger partial charge on any atom is 0.310 e. The summed E-state index contributed by atoms with van der Waals surface area (Å²) in [6, 6.07) is 0. The van der Waals surface area contributed by atoms with Gasteiger partial charge in [-0.3, -0.25) is 9.59 Å². The predicted molar refractivity (Wildman–Crippen MR) is 81.8 cm³/mol. The summed E-state index contributed by atoms with van der Waals surface area (Å²) in [6.45, 7) is 6.97. The van der Waals surface area contributed by atoms with Crippen molar-refractivity contribution in [3.63, 3.8) is 0 Å². The van der Waals surface area contributed by atoms with Crippen molar-refractivity contribution in [3.05, 3.63) is 23.1 Å². The van der Waals surface area contributed by atoms with Gasteiger partial charge < -0.3 is 19.9 Å². The van der Waals surface area contributed by atoms with Crippen LogP contribution in [-0.2, 0) is 19.1 Å². The second kappa shape index (κ2) is 7.45. The van der Waals surface area contributed by atoms with E-state index in [1.54, 1.807) is 26.8 Å². The zero-order valence-electron chi connectivity index (χ0n) is 13.9. The second-order valence-corrected chi connectivity index (χ2v) is 5.49. The normalized spacial score (nSPS) is 23.0. The van der Waals surface area contributed by atoms with Crippen molar-refractivity contribution in [2.45, 2.75) is 39.7 Å². The van der Waals surface area contributed by atoms with E-state index in [2.05, 4.69) is 5.32 Å². The molecule has 0 radical (unpaired) electrons. The standard InChI is InChI=1S/C16H25NO5/c1-6-10(2)15(20)22-16(4)13(17-7-8-18)9-12(21-5)11(3)14(16)19/h9-10,17-18H,6-8H2,1-5H3.